The zero-order valence-electron chi connectivity index (χ0n) is 19.8. The van der Waals surface area contributed by atoms with E-state index in [2.05, 4.69) is 55.8 Å². The number of rotatable bonds is 3. The van der Waals surface area contributed by atoms with E-state index >= 15 is 0 Å². The SMILES string of the molecule is C[C@H]1CCCC(CC(=O)N2CCC([C@H]3c4ncc(Br)cc4CCc4cc(Cl)cc(Br)c43)CC2)C1. The first-order valence-corrected chi connectivity index (χ1v) is 14.8. The van der Waals surface area contributed by atoms with Crippen molar-refractivity contribution in [1.29, 1.82) is 0 Å². The van der Waals surface area contributed by atoms with Crippen LogP contribution in [0.3, 0.4) is 0 Å². The summed E-state index contributed by atoms with van der Waals surface area (Å²) in [5.41, 5.74) is 5.19. The summed E-state index contributed by atoms with van der Waals surface area (Å²) in [6, 6.07) is 6.40. The van der Waals surface area contributed by atoms with Gasteiger partial charge in [0.1, 0.15) is 0 Å². The molecule has 0 radical (unpaired) electrons. The topological polar surface area (TPSA) is 33.2 Å². The fraction of sp³-hybridized carbons (Fsp3) is 0.571. The van der Waals surface area contributed by atoms with Crippen molar-refractivity contribution >= 4 is 49.4 Å². The van der Waals surface area contributed by atoms with Crippen LogP contribution in [-0.4, -0.2) is 28.9 Å². The highest BCUT2D eigenvalue weighted by Crippen LogP contribution is 2.46. The molecule has 1 amide bonds. The molecule has 2 heterocycles. The normalized spacial score (nSPS) is 25.4. The minimum absolute atomic E-state index is 0.226. The number of fused-ring (bicyclic) bond motifs is 2. The van der Waals surface area contributed by atoms with E-state index in [1.54, 1.807) is 0 Å². The predicted octanol–water partition coefficient (Wildman–Crippen LogP) is 7.95. The van der Waals surface area contributed by atoms with Gasteiger partial charge in [-0.2, -0.15) is 0 Å². The van der Waals surface area contributed by atoms with Crippen LogP contribution in [0, 0.1) is 17.8 Å². The highest BCUT2D eigenvalue weighted by molar-refractivity contribution is 9.10. The van der Waals surface area contributed by atoms with E-state index in [0.717, 1.165) is 65.1 Å². The third-order valence-corrected chi connectivity index (χ3v) is 9.60. The Morgan fingerprint density at radius 2 is 1.85 bits per heavy atom. The van der Waals surface area contributed by atoms with Gasteiger partial charge in [-0.3, -0.25) is 9.78 Å². The van der Waals surface area contributed by atoms with Gasteiger partial charge in [-0.1, -0.05) is 47.3 Å². The number of aromatic nitrogens is 1. The number of hydrogen-bond donors (Lipinski definition) is 0. The number of carbonyl (C=O) groups excluding carboxylic acids is 1. The molecule has 2 aliphatic carbocycles. The molecule has 3 aliphatic rings. The molecule has 1 unspecified atom stereocenters. The molecule has 182 valence electrons. The molecule has 1 saturated heterocycles. The van der Waals surface area contributed by atoms with Gasteiger partial charge in [-0.05, 0) is 107 Å². The largest absolute Gasteiger partial charge is 0.343 e. The number of nitrogens with zero attached hydrogens (tertiary/aromatic N) is 2. The third-order valence-electron chi connectivity index (χ3n) is 8.29. The third kappa shape index (κ3) is 5.27. The van der Waals surface area contributed by atoms with Crippen molar-refractivity contribution in [2.24, 2.45) is 17.8 Å². The maximum atomic E-state index is 13.1. The Balaban J connectivity index is 1.36. The monoisotopic (exact) mass is 606 g/mol. The lowest BCUT2D eigenvalue weighted by Crippen LogP contribution is -2.41. The highest BCUT2D eigenvalue weighted by Gasteiger charge is 2.36. The van der Waals surface area contributed by atoms with Crippen LogP contribution < -0.4 is 0 Å². The number of amides is 1. The molecule has 1 aromatic heterocycles. The van der Waals surface area contributed by atoms with Crippen molar-refractivity contribution in [3.05, 3.63) is 60.7 Å². The first-order chi connectivity index (χ1) is 16.4. The highest BCUT2D eigenvalue weighted by atomic mass is 79.9. The molecule has 1 saturated carbocycles. The average Bonchev–Trinajstić information content (AvgIpc) is 2.96. The van der Waals surface area contributed by atoms with Crippen LogP contribution in [0.2, 0.25) is 5.02 Å². The van der Waals surface area contributed by atoms with E-state index in [4.69, 9.17) is 16.6 Å². The Morgan fingerprint density at radius 1 is 1.09 bits per heavy atom. The maximum absolute atomic E-state index is 13.1. The van der Waals surface area contributed by atoms with E-state index in [-0.39, 0.29) is 5.92 Å². The first-order valence-electron chi connectivity index (χ1n) is 12.8. The Labute approximate surface area is 225 Å². The lowest BCUT2D eigenvalue weighted by molar-refractivity contribution is -0.134. The van der Waals surface area contributed by atoms with Crippen molar-refractivity contribution in [3.63, 3.8) is 0 Å². The lowest BCUT2D eigenvalue weighted by Gasteiger charge is -2.38. The van der Waals surface area contributed by atoms with Crippen molar-refractivity contribution in [2.75, 3.05) is 13.1 Å². The molecule has 3 nitrogen and oxygen atoms in total. The van der Waals surface area contributed by atoms with Crippen molar-refractivity contribution in [2.45, 2.75) is 70.6 Å². The van der Waals surface area contributed by atoms with E-state index in [1.807, 2.05) is 12.3 Å². The van der Waals surface area contributed by atoms with Gasteiger partial charge in [0, 0.05) is 45.6 Å². The number of halogens is 3. The second kappa shape index (κ2) is 10.6. The van der Waals surface area contributed by atoms with Crippen LogP contribution in [0.25, 0.3) is 0 Å². The fourth-order valence-electron chi connectivity index (χ4n) is 6.63. The second-order valence-corrected chi connectivity index (χ2v) is 12.9. The van der Waals surface area contributed by atoms with Crippen molar-refractivity contribution < 1.29 is 4.79 Å². The smallest absolute Gasteiger partial charge is 0.222 e. The number of piperidine rings is 1. The molecule has 1 aromatic carbocycles. The van der Waals surface area contributed by atoms with E-state index in [1.165, 1.54) is 48.1 Å². The average molecular weight is 609 g/mol. The van der Waals surface area contributed by atoms with Gasteiger partial charge in [0.05, 0.1) is 5.69 Å². The molecule has 6 heteroatoms. The molecule has 0 spiro atoms. The van der Waals surface area contributed by atoms with Gasteiger partial charge in [-0.25, -0.2) is 0 Å². The summed E-state index contributed by atoms with van der Waals surface area (Å²) in [5.74, 6) is 2.41. The summed E-state index contributed by atoms with van der Waals surface area (Å²) in [6.45, 7) is 4.05. The van der Waals surface area contributed by atoms with Crippen molar-refractivity contribution in [1.82, 2.24) is 9.88 Å². The summed E-state index contributed by atoms with van der Waals surface area (Å²) >= 11 is 13.9. The molecule has 1 aliphatic heterocycles. The Hall–Kier alpha value is -0.910. The van der Waals surface area contributed by atoms with Crippen LogP contribution >= 0.6 is 43.5 Å². The number of pyridine rings is 1. The van der Waals surface area contributed by atoms with Crippen molar-refractivity contribution in [3.8, 4) is 0 Å². The number of carbonyl (C=O) groups is 1. The van der Waals surface area contributed by atoms with E-state index in [9.17, 15) is 4.79 Å². The Bertz CT molecular complexity index is 1070. The molecule has 0 N–H and O–H groups in total. The molecular formula is C28H33Br2ClN2O. The summed E-state index contributed by atoms with van der Waals surface area (Å²) < 4.78 is 2.12. The Morgan fingerprint density at radius 3 is 2.62 bits per heavy atom. The number of likely N-dealkylation sites (tertiary alicyclic amines) is 1. The first kappa shape index (κ1) is 24.8. The quantitative estimate of drug-likeness (QED) is 0.354. The lowest BCUT2D eigenvalue weighted by atomic mass is 9.76. The zero-order valence-corrected chi connectivity index (χ0v) is 23.8. The van der Waals surface area contributed by atoms with E-state index in [0.29, 0.717) is 17.7 Å². The number of aryl methyl sites for hydroxylation is 2. The summed E-state index contributed by atoms with van der Waals surface area (Å²) in [4.78, 5) is 20.2. The number of hydrogen-bond acceptors (Lipinski definition) is 2. The van der Waals surface area contributed by atoms with Crippen LogP contribution in [0.1, 0.15) is 80.2 Å². The van der Waals surface area contributed by atoms with Gasteiger partial charge in [0.2, 0.25) is 5.91 Å². The molecular weight excluding hydrogens is 576 g/mol. The molecule has 2 aromatic rings. The number of benzene rings is 1. The molecule has 0 bridgehead atoms. The molecule has 2 fully saturated rings. The predicted molar refractivity (Wildman–Crippen MR) is 145 cm³/mol. The Kier molecular flexibility index (Phi) is 7.72. The van der Waals surface area contributed by atoms with Crippen LogP contribution in [0.5, 0.6) is 0 Å². The summed E-state index contributed by atoms with van der Waals surface area (Å²) in [7, 11) is 0. The molecule has 3 atom stereocenters. The van der Waals surface area contributed by atoms with Gasteiger partial charge < -0.3 is 4.90 Å². The van der Waals surface area contributed by atoms with Crippen LogP contribution in [0.15, 0.2) is 33.3 Å². The fourth-order valence-corrected chi connectivity index (χ4v) is 8.13. The minimum Gasteiger partial charge on any atom is -0.343 e. The minimum atomic E-state index is 0.226. The summed E-state index contributed by atoms with van der Waals surface area (Å²) in [6.07, 6.45) is 11.7. The zero-order chi connectivity index (χ0) is 23.8. The van der Waals surface area contributed by atoms with Gasteiger partial charge in [0.25, 0.3) is 0 Å². The standard InChI is InChI=1S/C28H33Br2ClN2O/c1-17-3-2-4-18(11-17)12-25(34)33-9-7-19(8-10-33)27-26-20(14-23(31)15-24(26)30)5-6-21-13-22(29)16-32-28(21)27/h13-19,27H,2-12H2,1H3/t17-,18?,27+/m0/s1. The van der Waals surface area contributed by atoms with Crippen LogP contribution in [-0.2, 0) is 17.6 Å². The van der Waals surface area contributed by atoms with Gasteiger partial charge in [-0.15, -0.1) is 0 Å². The molecule has 34 heavy (non-hydrogen) atoms. The van der Waals surface area contributed by atoms with Crippen LogP contribution in [0.4, 0.5) is 0 Å². The molecule has 5 rings (SSSR count). The maximum Gasteiger partial charge on any atom is 0.222 e. The summed E-state index contributed by atoms with van der Waals surface area (Å²) in [5, 5.41) is 0.780. The van der Waals surface area contributed by atoms with Gasteiger partial charge in [0.15, 0.2) is 0 Å². The van der Waals surface area contributed by atoms with Gasteiger partial charge >= 0.3 is 0 Å². The van der Waals surface area contributed by atoms with E-state index < -0.39 is 0 Å². The second-order valence-electron chi connectivity index (χ2n) is 10.7.